The first-order chi connectivity index (χ1) is 14.0. The number of ether oxygens (including phenoxy) is 4. The zero-order chi connectivity index (χ0) is 21.2. The zero-order valence-electron chi connectivity index (χ0n) is 17.2. The van der Waals surface area contributed by atoms with Gasteiger partial charge in [-0.05, 0) is 60.1 Å². The molecule has 0 aromatic heterocycles. The lowest BCUT2D eigenvalue weighted by Gasteiger charge is -2.12. The standard InChI is InChI=1S/C22H25NO6/c1-6-28-15(2)23-29-18-10-8-17(9-11-18)19(24)12-7-16-13-20(25-3)22(27-5)21(14-16)26-4/h7-14H,6H2,1-5H3/b12-7+,23-15+. The molecule has 0 N–H and O–H groups in total. The van der Waals surface area contributed by atoms with Crippen LogP contribution >= 0.6 is 0 Å². The Bertz CT molecular complexity index is 862. The third-order valence-electron chi connectivity index (χ3n) is 3.89. The monoisotopic (exact) mass is 399 g/mol. The Morgan fingerprint density at radius 3 is 2.14 bits per heavy atom. The molecule has 0 aliphatic heterocycles. The molecule has 0 radical (unpaired) electrons. The molecule has 0 unspecified atom stereocenters. The summed E-state index contributed by atoms with van der Waals surface area (Å²) in [5.41, 5.74) is 1.26. The van der Waals surface area contributed by atoms with E-state index >= 15 is 0 Å². The predicted octanol–water partition coefficient (Wildman–Crippen LogP) is 4.36. The highest BCUT2D eigenvalue weighted by molar-refractivity contribution is 6.06. The number of hydrogen-bond acceptors (Lipinski definition) is 7. The number of oxime groups is 1. The molecule has 0 atom stereocenters. The van der Waals surface area contributed by atoms with Gasteiger partial charge in [-0.25, -0.2) is 0 Å². The molecule has 0 fully saturated rings. The molecule has 0 bridgehead atoms. The quantitative estimate of drug-likeness (QED) is 0.205. The Morgan fingerprint density at radius 1 is 1.00 bits per heavy atom. The van der Waals surface area contributed by atoms with Gasteiger partial charge in [-0.15, -0.1) is 0 Å². The third kappa shape index (κ3) is 6.00. The number of carbonyl (C=O) groups is 1. The molecule has 0 aliphatic carbocycles. The van der Waals surface area contributed by atoms with Crippen molar-refractivity contribution in [3.8, 4) is 23.0 Å². The van der Waals surface area contributed by atoms with Gasteiger partial charge < -0.3 is 23.8 Å². The van der Waals surface area contributed by atoms with Crippen molar-refractivity contribution in [3.05, 3.63) is 53.6 Å². The predicted molar refractivity (Wildman–Crippen MR) is 111 cm³/mol. The van der Waals surface area contributed by atoms with Crippen LogP contribution < -0.4 is 19.0 Å². The largest absolute Gasteiger partial charge is 0.493 e. The smallest absolute Gasteiger partial charge is 0.223 e. The van der Waals surface area contributed by atoms with Crippen molar-refractivity contribution in [2.75, 3.05) is 27.9 Å². The summed E-state index contributed by atoms with van der Waals surface area (Å²) in [6.07, 6.45) is 3.17. The van der Waals surface area contributed by atoms with E-state index in [2.05, 4.69) is 5.16 Å². The normalized spacial score (nSPS) is 11.3. The minimum atomic E-state index is -0.153. The Morgan fingerprint density at radius 2 is 1.62 bits per heavy atom. The van der Waals surface area contributed by atoms with Crippen LogP contribution in [0.5, 0.6) is 23.0 Å². The third-order valence-corrected chi connectivity index (χ3v) is 3.89. The average molecular weight is 399 g/mol. The van der Waals surface area contributed by atoms with Crippen molar-refractivity contribution < 1.29 is 28.6 Å². The van der Waals surface area contributed by atoms with Gasteiger partial charge in [0.25, 0.3) is 0 Å². The molecule has 0 saturated carbocycles. The fourth-order valence-corrected chi connectivity index (χ4v) is 2.50. The van der Waals surface area contributed by atoms with Crippen LogP contribution in [0, 0.1) is 0 Å². The first-order valence-electron chi connectivity index (χ1n) is 8.99. The molecule has 0 amide bonds. The maximum atomic E-state index is 12.5. The average Bonchev–Trinajstić information content (AvgIpc) is 2.75. The van der Waals surface area contributed by atoms with Gasteiger partial charge in [0, 0.05) is 12.5 Å². The van der Waals surface area contributed by atoms with Gasteiger partial charge in [0.1, 0.15) is 0 Å². The van der Waals surface area contributed by atoms with Gasteiger partial charge in [0.15, 0.2) is 23.0 Å². The van der Waals surface area contributed by atoms with Crippen LogP contribution in [-0.2, 0) is 4.74 Å². The second-order valence-electron chi connectivity index (χ2n) is 5.82. The van der Waals surface area contributed by atoms with Gasteiger partial charge in [-0.1, -0.05) is 6.08 Å². The summed E-state index contributed by atoms with van der Waals surface area (Å²) >= 11 is 0. The van der Waals surface area contributed by atoms with E-state index in [0.29, 0.717) is 41.1 Å². The molecule has 2 aromatic carbocycles. The summed E-state index contributed by atoms with van der Waals surface area (Å²) in [6, 6.07) is 10.2. The Kier molecular flexibility index (Phi) is 8.09. The number of hydrogen-bond donors (Lipinski definition) is 0. The van der Waals surface area contributed by atoms with Crippen LogP contribution in [0.2, 0.25) is 0 Å². The van der Waals surface area contributed by atoms with E-state index in [-0.39, 0.29) is 5.78 Å². The lowest BCUT2D eigenvalue weighted by atomic mass is 10.1. The van der Waals surface area contributed by atoms with Gasteiger partial charge in [0.2, 0.25) is 11.6 Å². The minimum absolute atomic E-state index is 0.153. The molecule has 7 nitrogen and oxygen atoms in total. The van der Waals surface area contributed by atoms with E-state index in [0.717, 1.165) is 5.56 Å². The van der Waals surface area contributed by atoms with Gasteiger partial charge in [-0.2, -0.15) is 0 Å². The van der Waals surface area contributed by atoms with Crippen LogP contribution in [0.1, 0.15) is 29.8 Å². The first-order valence-corrected chi connectivity index (χ1v) is 8.99. The highest BCUT2D eigenvalue weighted by Gasteiger charge is 2.12. The molecule has 2 aromatic rings. The van der Waals surface area contributed by atoms with E-state index in [1.807, 2.05) is 6.92 Å². The second kappa shape index (κ2) is 10.8. The van der Waals surface area contributed by atoms with E-state index in [4.69, 9.17) is 23.8 Å². The van der Waals surface area contributed by atoms with E-state index in [9.17, 15) is 4.79 Å². The molecule has 29 heavy (non-hydrogen) atoms. The molecular weight excluding hydrogens is 374 g/mol. The van der Waals surface area contributed by atoms with Crippen molar-refractivity contribution in [3.63, 3.8) is 0 Å². The number of carbonyl (C=O) groups excluding carboxylic acids is 1. The maximum Gasteiger partial charge on any atom is 0.223 e. The van der Waals surface area contributed by atoms with Crippen LogP contribution in [0.25, 0.3) is 6.08 Å². The molecule has 154 valence electrons. The van der Waals surface area contributed by atoms with Crippen molar-refractivity contribution >= 4 is 17.8 Å². The lowest BCUT2D eigenvalue weighted by Crippen LogP contribution is -2.01. The first kappa shape index (κ1) is 21.8. The molecule has 7 heteroatoms. The number of rotatable bonds is 9. The summed E-state index contributed by atoms with van der Waals surface area (Å²) in [4.78, 5) is 17.7. The molecule has 0 saturated heterocycles. The fourth-order valence-electron chi connectivity index (χ4n) is 2.50. The van der Waals surface area contributed by atoms with E-state index in [1.54, 1.807) is 63.6 Å². The van der Waals surface area contributed by atoms with Gasteiger partial charge in [-0.3, -0.25) is 4.79 Å². The summed E-state index contributed by atoms with van der Waals surface area (Å²) in [7, 11) is 4.62. The van der Waals surface area contributed by atoms with Crippen molar-refractivity contribution in [2.45, 2.75) is 13.8 Å². The molecule has 0 spiro atoms. The van der Waals surface area contributed by atoms with Crippen LogP contribution in [0.4, 0.5) is 0 Å². The topological polar surface area (TPSA) is 75.6 Å². The summed E-state index contributed by atoms with van der Waals surface area (Å²) in [6.45, 7) is 4.09. The number of methoxy groups -OCH3 is 3. The molecular formula is C22H25NO6. The Balaban J connectivity index is 2.12. The minimum Gasteiger partial charge on any atom is -0.493 e. The summed E-state index contributed by atoms with van der Waals surface area (Å²) in [5, 5.41) is 3.84. The van der Waals surface area contributed by atoms with Gasteiger partial charge >= 0.3 is 0 Å². The van der Waals surface area contributed by atoms with Gasteiger partial charge in [0.05, 0.1) is 27.9 Å². The number of allylic oxidation sites excluding steroid dienone is 1. The van der Waals surface area contributed by atoms with E-state index in [1.165, 1.54) is 13.2 Å². The number of benzene rings is 2. The van der Waals surface area contributed by atoms with E-state index < -0.39 is 0 Å². The van der Waals surface area contributed by atoms with Crippen LogP contribution in [0.3, 0.4) is 0 Å². The van der Waals surface area contributed by atoms with Crippen LogP contribution in [-0.4, -0.2) is 39.6 Å². The van der Waals surface area contributed by atoms with Crippen LogP contribution in [0.15, 0.2) is 47.6 Å². The summed E-state index contributed by atoms with van der Waals surface area (Å²) in [5.74, 6) is 2.32. The fraction of sp³-hybridized carbons (Fsp3) is 0.273. The van der Waals surface area contributed by atoms with Crippen molar-refractivity contribution in [1.82, 2.24) is 0 Å². The Labute approximate surface area is 170 Å². The SMILES string of the molecule is CCO/C(C)=N/Oc1ccc(C(=O)/C=C/c2cc(OC)c(OC)c(OC)c2)cc1. The highest BCUT2D eigenvalue weighted by Crippen LogP contribution is 2.38. The second-order valence-corrected chi connectivity index (χ2v) is 5.82. The lowest BCUT2D eigenvalue weighted by molar-refractivity contribution is 0.104. The maximum absolute atomic E-state index is 12.5. The highest BCUT2D eigenvalue weighted by atomic mass is 16.6. The zero-order valence-corrected chi connectivity index (χ0v) is 17.2. The molecule has 2 rings (SSSR count). The van der Waals surface area contributed by atoms with Crippen molar-refractivity contribution in [2.24, 2.45) is 5.16 Å². The Hall–Kier alpha value is -3.48. The number of nitrogens with zero attached hydrogens (tertiary/aromatic N) is 1. The van der Waals surface area contributed by atoms with Crippen molar-refractivity contribution in [1.29, 1.82) is 0 Å². The molecule has 0 aliphatic rings. The number of ketones is 1. The molecule has 0 heterocycles. The summed E-state index contributed by atoms with van der Waals surface area (Å²) < 4.78 is 21.1.